The molecule has 0 aliphatic rings. The second kappa shape index (κ2) is 8.39. The van der Waals surface area contributed by atoms with Crippen LogP contribution in [0, 0.1) is 18.3 Å². The molecule has 0 atom stereocenters. The first kappa shape index (κ1) is 17.1. The Morgan fingerprint density at radius 1 is 1.17 bits per heavy atom. The van der Waals surface area contributed by atoms with Crippen molar-refractivity contribution in [3.05, 3.63) is 59.7 Å². The van der Waals surface area contributed by atoms with Gasteiger partial charge in [-0.15, -0.1) is 0 Å². The van der Waals surface area contributed by atoms with Crippen LogP contribution < -0.4 is 14.2 Å². The lowest BCUT2D eigenvalue weighted by Gasteiger charge is -2.10. The fraction of sp³-hybridized carbons (Fsp3) is 0.158. The molecule has 122 valence electrons. The monoisotopic (exact) mass is 323 g/mol. The molecule has 0 radical (unpaired) electrons. The number of benzene rings is 2. The zero-order valence-corrected chi connectivity index (χ0v) is 13.5. The van der Waals surface area contributed by atoms with E-state index in [1.54, 1.807) is 36.4 Å². The molecule has 2 aromatic carbocycles. The van der Waals surface area contributed by atoms with E-state index in [9.17, 15) is 4.79 Å². The molecule has 0 amide bonds. The summed E-state index contributed by atoms with van der Waals surface area (Å²) in [6, 6.07) is 14.3. The van der Waals surface area contributed by atoms with Crippen LogP contribution in [-0.2, 0) is 4.79 Å². The number of rotatable bonds is 6. The highest BCUT2D eigenvalue weighted by Crippen LogP contribution is 2.28. The predicted octanol–water partition coefficient (Wildman–Crippen LogP) is 3.52. The largest absolute Gasteiger partial charge is 0.493 e. The van der Waals surface area contributed by atoms with Gasteiger partial charge < -0.3 is 14.2 Å². The van der Waals surface area contributed by atoms with Crippen LogP contribution in [0.25, 0.3) is 6.08 Å². The second-order valence-corrected chi connectivity index (χ2v) is 4.95. The van der Waals surface area contributed by atoms with Crippen LogP contribution in [0.5, 0.6) is 17.2 Å². The molecule has 2 aromatic rings. The van der Waals surface area contributed by atoms with Crippen molar-refractivity contribution in [1.29, 1.82) is 5.26 Å². The summed E-state index contributed by atoms with van der Waals surface area (Å²) in [6.45, 7) is 1.77. The van der Waals surface area contributed by atoms with Gasteiger partial charge in [-0.3, -0.25) is 0 Å². The lowest BCUT2D eigenvalue weighted by atomic mass is 10.2. The van der Waals surface area contributed by atoms with Gasteiger partial charge in [-0.2, -0.15) is 5.26 Å². The van der Waals surface area contributed by atoms with Gasteiger partial charge in [0, 0.05) is 6.08 Å². The van der Waals surface area contributed by atoms with Gasteiger partial charge in [-0.1, -0.05) is 23.8 Å². The van der Waals surface area contributed by atoms with Crippen molar-refractivity contribution in [2.45, 2.75) is 6.92 Å². The summed E-state index contributed by atoms with van der Waals surface area (Å²) in [5.74, 6) is 0.763. The highest BCUT2D eigenvalue weighted by atomic mass is 16.6. The molecule has 0 bridgehead atoms. The van der Waals surface area contributed by atoms with Crippen molar-refractivity contribution in [2.75, 3.05) is 13.7 Å². The Hall–Kier alpha value is -3.26. The summed E-state index contributed by atoms with van der Waals surface area (Å²) in [5, 5.41) is 8.54. The van der Waals surface area contributed by atoms with E-state index in [4.69, 9.17) is 19.5 Å². The third kappa shape index (κ3) is 4.89. The second-order valence-electron chi connectivity index (χ2n) is 4.95. The molecule has 0 saturated heterocycles. The minimum atomic E-state index is -0.533. The number of methoxy groups -OCH3 is 1. The Morgan fingerprint density at radius 2 is 1.92 bits per heavy atom. The quantitative estimate of drug-likeness (QED) is 0.462. The zero-order chi connectivity index (χ0) is 17.4. The molecule has 5 nitrogen and oxygen atoms in total. The number of hydrogen-bond acceptors (Lipinski definition) is 5. The minimum Gasteiger partial charge on any atom is -0.493 e. The number of carbonyl (C=O) groups is 1. The number of carbonyl (C=O) groups excluding carboxylic acids is 1. The molecule has 0 unspecified atom stereocenters. The Labute approximate surface area is 140 Å². The normalized spacial score (nSPS) is 10.2. The van der Waals surface area contributed by atoms with E-state index < -0.39 is 5.97 Å². The molecule has 0 aromatic heterocycles. The summed E-state index contributed by atoms with van der Waals surface area (Å²) < 4.78 is 15.9. The predicted molar refractivity (Wildman–Crippen MR) is 90.0 cm³/mol. The van der Waals surface area contributed by atoms with Crippen molar-refractivity contribution >= 4 is 12.0 Å². The maximum absolute atomic E-state index is 11.9. The SMILES string of the molecule is COc1cc(/C=C/C#N)ccc1OC(=O)COc1ccc(C)cc1. The molecule has 0 fully saturated rings. The van der Waals surface area contributed by atoms with E-state index in [0.717, 1.165) is 11.1 Å². The Balaban J connectivity index is 1.99. The molecule has 2 rings (SSSR count). The van der Waals surface area contributed by atoms with Gasteiger partial charge in [0.2, 0.25) is 0 Å². The van der Waals surface area contributed by atoms with Gasteiger partial charge >= 0.3 is 5.97 Å². The van der Waals surface area contributed by atoms with E-state index in [1.165, 1.54) is 13.2 Å². The first-order chi connectivity index (χ1) is 11.6. The average Bonchev–Trinajstić information content (AvgIpc) is 2.60. The van der Waals surface area contributed by atoms with E-state index in [2.05, 4.69) is 0 Å². The van der Waals surface area contributed by atoms with Crippen LogP contribution in [-0.4, -0.2) is 19.7 Å². The minimum absolute atomic E-state index is 0.206. The number of nitrogens with zero attached hydrogens (tertiary/aromatic N) is 1. The fourth-order valence-electron chi connectivity index (χ4n) is 1.93. The van der Waals surface area contributed by atoms with Crippen LogP contribution in [0.4, 0.5) is 0 Å². The number of nitriles is 1. The highest BCUT2D eigenvalue weighted by Gasteiger charge is 2.11. The number of hydrogen-bond donors (Lipinski definition) is 0. The van der Waals surface area contributed by atoms with Crippen molar-refractivity contribution in [2.24, 2.45) is 0 Å². The Bertz CT molecular complexity index is 773. The number of aryl methyl sites for hydroxylation is 1. The maximum Gasteiger partial charge on any atom is 0.349 e. The van der Waals surface area contributed by atoms with Crippen LogP contribution in [0.3, 0.4) is 0 Å². The van der Waals surface area contributed by atoms with Crippen molar-refractivity contribution in [3.8, 4) is 23.3 Å². The van der Waals surface area contributed by atoms with Crippen molar-refractivity contribution < 1.29 is 19.0 Å². The molecule has 0 aliphatic heterocycles. The fourth-order valence-corrected chi connectivity index (χ4v) is 1.93. The molecular weight excluding hydrogens is 306 g/mol. The maximum atomic E-state index is 11.9. The first-order valence-corrected chi connectivity index (χ1v) is 7.26. The van der Waals surface area contributed by atoms with E-state index in [1.807, 2.05) is 25.1 Å². The van der Waals surface area contributed by atoms with Gasteiger partial charge in [0.25, 0.3) is 0 Å². The molecule has 0 heterocycles. The topological polar surface area (TPSA) is 68.5 Å². The van der Waals surface area contributed by atoms with E-state index in [-0.39, 0.29) is 6.61 Å². The van der Waals surface area contributed by atoms with Crippen LogP contribution >= 0.6 is 0 Å². The van der Waals surface area contributed by atoms with Gasteiger partial charge in [0.15, 0.2) is 18.1 Å². The van der Waals surface area contributed by atoms with Gasteiger partial charge in [0.05, 0.1) is 13.2 Å². The van der Waals surface area contributed by atoms with Crippen LogP contribution in [0.2, 0.25) is 0 Å². The summed E-state index contributed by atoms with van der Waals surface area (Å²) in [5.41, 5.74) is 1.88. The van der Waals surface area contributed by atoms with E-state index >= 15 is 0 Å². The number of esters is 1. The molecule has 0 aliphatic carbocycles. The lowest BCUT2D eigenvalue weighted by molar-refractivity contribution is -0.136. The lowest BCUT2D eigenvalue weighted by Crippen LogP contribution is -2.18. The Kier molecular flexibility index (Phi) is 5.98. The van der Waals surface area contributed by atoms with Gasteiger partial charge in [-0.05, 0) is 42.8 Å². The summed E-state index contributed by atoms with van der Waals surface area (Å²) in [6.07, 6.45) is 2.99. The summed E-state index contributed by atoms with van der Waals surface area (Å²) >= 11 is 0. The van der Waals surface area contributed by atoms with Crippen LogP contribution in [0.1, 0.15) is 11.1 Å². The molecule has 24 heavy (non-hydrogen) atoms. The Morgan fingerprint density at radius 3 is 2.58 bits per heavy atom. The van der Waals surface area contributed by atoms with Crippen molar-refractivity contribution in [3.63, 3.8) is 0 Å². The third-order valence-corrected chi connectivity index (χ3v) is 3.14. The molecular formula is C19H17NO4. The number of ether oxygens (including phenoxy) is 3. The molecule has 0 N–H and O–H groups in total. The average molecular weight is 323 g/mol. The number of allylic oxidation sites excluding steroid dienone is 1. The van der Waals surface area contributed by atoms with Crippen LogP contribution in [0.15, 0.2) is 48.5 Å². The van der Waals surface area contributed by atoms with E-state index in [0.29, 0.717) is 17.2 Å². The highest BCUT2D eigenvalue weighted by molar-refractivity contribution is 5.75. The third-order valence-electron chi connectivity index (χ3n) is 3.14. The zero-order valence-electron chi connectivity index (χ0n) is 13.5. The smallest absolute Gasteiger partial charge is 0.349 e. The molecule has 5 heteroatoms. The first-order valence-electron chi connectivity index (χ1n) is 7.26. The van der Waals surface area contributed by atoms with Gasteiger partial charge in [-0.25, -0.2) is 4.79 Å². The summed E-state index contributed by atoms with van der Waals surface area (Å²) in [4.78, 5) is 11.9. The van der Waals surface area contributed by atoms with Gasteiger partial charge in [0.1, 0.15) is 5.75 Å². The molecule has 0 saturated carbocycles. The summed E-state index contributed by atoms with van der Waals surface area (Å²) in [7, 11) is 1.48. The molecule has 0 spiro atoms. The van der Waals surface area contributed by atoms with Crippen molar-refractivity contribution in [1.82, 2.24) is 0 Å². The standard InChI is InChI=1S/C19H17NO4/c1-14-5-8-16(9-6-14)23-13-19(21)24-17-10-7-15(4-3-11-20)12-18(17)22-2/h3-10,12H,13H2,1-2H3/b4-3+.